The Bertz CT molecular complexity index is 1090. The predicted molar refractivity (Wildman–Crippen MR) is 128 cm³/mol. The highest BCUT2D eigenvalue weighted by Crippen LogP contribution is 2.40. The van der Waals surface area contributed by atoms with Crippen molar-refractivity contribution < 1.29 is 13.2 Å². The van der Waals surface area contributed by atoms with Crippen LogP contribution >= 0.6 is 0 Å². The summed E-state index contributed by atoms with van der Waals surface area (Å²) in [5, 5.41) is 2.47. The minimum atomic E-state index is -3.58. The molecule has 0 saturated heterocycles. The van der Waals surface area contributed by atoms with Crippen LogP contribution in [0.1, 0.15) is 25.0 Å². The second kappa shape index (κ2) is 8.42. The van der Waals surface area contributed by atoms with Crippen molar-refractivity contribution in [2.45, 2.75) is 62.1 Å². The van der Waals surface area contributed by atoms with Crippen molar-refractivity contribution in [1.29, 1.82) is 0 Å². The fraction of sp³-hybridized carbons (Fsp3) is 0.476. The molecule has 0 amide bonds. The van der Waals surface area contributed by atoms with Crippen molar-refractivity contribution in [2.24, 2.45) is 16.5 Å². The van der Waals surface area contributed by atoms with Crippen LogP contribution in [0.5, 0.6) is 0 Å². The van der Waals surface area contributed by atoms with Gasteiger partial charge in [0.2, 0.25) is 0 Å². The molecular formula is C21H33N5O3SSi. The fourth-order valence-corrected chi connectivity index (χ4v) is 5.52. The predicted octanol–water partition coefficient (Wildman–Crippen LogP) is 2.88. The summed E-state index contributed by atoms with van der Waals surface area (Å²) in [7, 11) is -4.76. The Morgan fingerprint density at radius 2 is 1.87 bits per heavy atom. The quantitative estimate of drug-likeness (QED) is 0.408. The third-order valence-electron chi connectivity index (χ3n) is 5.37. The molecule has 3 rings (SSSR count). The van der Waals surface area contributed by atoms with Gasteiger partial charge in [-0.25, -0.2) is 13.4 Å². The summed E-state index contributed by atoms with van der Waals surface area (Å²) in [5.74, 6) is 0.772. The minimum Gasteiger partial charge on any atom is -0.370 e. The van der Waals surface area contributed by atoms with Gasteiger partial charge in [-0.05, 0) is 32.0 Å². The van der Waals surface area contributed by atoms with Crippen molar-refractivity contribution in [3.05, 3.63) is 47.7 Å². The van der Waals surface area contributed by atoms with Crippen LogP contribution in [0.4, 0.5) is 5.82 Å². The summed E-state index contributed by atoms with van der Waals surface area (Å²) in [6, 6.07) is 9.61. The molecule has 8 nitrogen and oxygen atoms in total. The van der Waals surface area contributed by atoms with Gasteiger partial charge in [0.15, 0.2) is 21.5 Å². The molecule has 1 aliphatic heterocycles. The van der Waals surface area contributed by atoms with Gasteiger partial charge in [0.1, 0.15) is 12.5 Å². The Morgan fingerprint density at radius 1 is 1.19 bits per heavy atom. The highest BCUT2D eigenvalue weighted by Gasteiger charge is 2.41. The molecule has 1 aliphatic rings. The largest absolute Gasteiger partial charge is 0.370 e. The topological polar surface area (TPSA) is 125 Å². The second-order valence-corrected chi connectivity index (χ2v) is 17.5. The third kappa shape index (κ3) is 4.71. The first-order valence-electron chi connectivity index (χ1n) is 10.4. The molecule has 1 aromatic carbocycles. The van der Waals surface area contributed by atoms with Gasteiger partial charge in [0, 0.05) is 32.0 Å². The number of ether oxygens (including phenoxy) is 1. The van der Waals surface area contributed by atoms with Crippen LogP contribution in [0.3, 0.4) is 0 Å². The molecule has 0 spiro atoms. The highest BCUT2D eigenvalue weighted by atomic mass is 32.2. The van der Waals surface area contributed by atoms with E-state index in [1.54, 1.807) is 38.1 Å². The van der Waals surface area contributed by atoms with Gasteiger partial charge in [-0.1, -0.05) is 37.8 Å². The zero-order chi connectivity index (χ0) is 23.0. The normalized spacial score (nSPS) is 19.1. The second-order valence-electron chi connectivity index (χ2n) is 9.37. The minimum absolute atomic E-state index is 0.119. The molecule has 2 heterocycles. The standard InChI is InChI=1S/C21H33N5O3SSi/c1-15(2)30(27,28)18-9-7-6-8-16(18)21(23)17-10-11-26(19(17)24-20(22)25-21)14-29-12-13-31(3,4)5/h6-11,15H,12-14,23H2,1-5H3,(H3,22,24,25). The number of benzene rings is 1. The summed E-state index contributed by atoms with van der Waals surface area (Å²) < 4.78 is 33.8. The molecular weight excluding hydrogens is 430 g/mol. The summed E-state index contributed by atoms with van der Waals surface area (Å²) >= 11 is 0. The number of guanidine groups is 1. The van der Waals surface area contributed by atoms with Crippen molar-refractivity contribution >= 4 is 29.7 Å². The first-order chi connectivity index (χ1) is 14.4. The van der Waals surface area contributed by atoms with E-state index >= 15 is 0 Å². The lowest BCUT2D eigenvalue weighted by molar-refractivity contribution is 0.0887. The van der Waals surface area contributed by atoms with E-state index in [0.717, 1.165) is 6.04 Å². The summed E-state index contributed by atoms with van der Waals surface area (Å²) in [4.78, 5) is 4.61. The Kier molecular flexibility index (Phi) is 6.39. The van der Waals surface area contributed by atoms with E-state index in [1.807, 2.05) is 16.8 Å². The number of hydrogen-bond acceptors (Lipinski definition) is 7. The number of aromatic nitrogens is 1. The summed E-state index contributed by atoms with van der Waals surface area (Å²) in [5.41, 5.74) is 12.5. The molecule has 0 saturated carbocycles. The molecule has 2 aromatic rings. The van der Waals surface area contributed by atoms with E-state index in [2.05, 4.69) is 30.0 Å². The van der Waals surface area contributed by atoms with E-state index in [0.29, 0.717) is 30.3 Å². The van der Waals surface area contributed by atoms with E-state index in [4.69, 9.17) is 16.2 Å². The average molecular weight is 464 g/mol. The van der Waals surface area contributed by atoms with Crippen molar-refractivity contribution in [3.8, 4) is 0 Å². The lowest BCUT2D eigenvalue weighted by atomic mass is 9.93. The zero-order valence-corrected chi connectivity index (χ0v) is 20.7. The number of nitrogens with zero attached hydrogens (tertiary/aromatic N) is 2. The first-order valence-corrected chi connectivity index (χ1v) is 15.6. The number of hydrogen-bond donors (Lipinski definition) is 3. The Labute approximate surface area is 185 Å². The maximum atomic E-state index is 13.0. The fourth-order valence-electron chi connectivity index (χ4n) is 3.46. The lowest BCUT2D eigenvalue weighted by Crippen LogP contribution is -2.45. The van der Waals surface area contributed by atoms with Crippen molar-refractivity contribution in [1.82, 2.24) is 4.57 Å². The average Bonchev–Trinajstić information content (AvgIpc) is 3.08. The van der Waals surface area contributed by atoms with Gasteiger partial charge in [-0.2, -0.15) is 0 Å². The molecule has 170 valence electrons. The van der Waals surface area contributed by atoms with Crippen LogP contribution in [0, 0.1) is 0 Å². The molecule has 0 aliphatic carbocycles. The van der Waals surface area contributed by atoms with E-state index in [-0.39, 0.29) is 10.9 Å². The lowest BCUT2D eigenvalue weighted by Gasteiger charge is -2.33. The molecule has 1 unspecified atom stereocenters. The van der Waals surface area contributed by atoms with E-state index in [9.17, 15) is 8.42 Å². The highest BCUT2D eigenvalue weighted by molar-refractivity contribution is 7.92. The number of anilines is 1. The van der Waals surface area contributed by atoms with Crippen LogP contribution in [0.15, 0.2) is 46.4 Å². The smallest absolute Gasteiger partial charge is 0.196 e. The zero-order valence-electron chi connectivity index (χ0n) is 18.8. The van der Waals surface area contributed by atoms with Crippen LogP contribution in [-0.2, 0) is 27.0 Å². The van der Waals surface area contributed by atoms with E-state index in [1.165, 1.54) is 0 Å². The maximum Gasteiger partial charge on any atom is 0.196 e. The third-order valence-corrected chi connectivity index (χ3v) is 9.28. The number of nitrogens with one attached hydrogen (secondary N) is 1. The van der Waals surface area contributed by atoms with Crippen molar-refractivity contribution in [2.75, 3.05) is 11.9 Å². The molecule has 0 fully saturated rings. The van der Waals surface area contributed by atoms with E-state index < -0.39 is 28.8 Å². The Hall–Kier alpha value is -2.14. The van der Waals surface area contributed by atoms with Crippen molar-refractivity contribution in [3.63, 3.8) is 0 Å². The van der Waals surface area contributed by atoms with Gasteiger partial charge < -0.3 is 20.4 Å². The van der Waals surface area contributed by atoms with Gasteiger partial charge in [0.05, 0.1) is 10.1 Å². The first kappa shape index (κ1) is 23.5. The molecule has 1 aromatic heterocycles. The van der Waals surface area contributed by atoms with Crippen LogP contribution in [0.25, 0.3) is 0 Å². The summed E-state index contributed by atoms with van der Waals surface area (Å²) in [6.07, 6.45) is 1.85. The molecule has 5 N–H and O–H groups in total. The SMILES string of the molecule is CC(C)S(=O)(=O)c1ccccc1C1(N)N=C(N)Nc2c1ccn2COCC[Si](C)(C)C. The van der Waals surface area contributed by atoms with Gasteiger partial charge in [-0.15, -0.1) is 0 Å². The molecule has 31 heavy (non-hydrogen) atoms. The molecule has 0 radical (unpaired) electrons. The molecule has 1 atom stereocenters. The maximum absolute atomic E-state index is 13.0. The Balaban J connectivity index is 2.00. The molecule has 0 bridgehead atoms. The van der Waals surface area contributed by atoms with Gasteiger partial charge in [0.25, 0.3) is 0 Å². The van der Waals surface area contributed by atoms with Gasteiger partial charge >= 0.3 is 0 Å². The van der Waals surface area contributed by atoms with Gasteiger partial charge in [-0.3, -0.25) is 5.73 Å². The van der Waals surface area contributed by atoms with Crippen LogP contribution < -0.4 is 16.8 Å². The van der Waals surface area contributed by atoms with Crippen LogP contribution in [-0.4, -0.2) is 38.9 Å². The number of fused-ring (bicyclic) bond motifs is 1. The Morgan fingerprint density at radius 3 is 2.52 bits per heavy atom. The molecule has 10 heteroatoms. The number of nitrogens with two attached hydrogens (primary N) is 2. The number of aliphatic imine (C=N–C) groups is 1. The van der Waals surface area contributed by atoms with Crippen LogP contribution in [0.2, 0.25) is 25.7 Å². The number of sulfone groups is 1. The monoisotopic (exact) mass is 463 g/mol. The summed E-state index contributed by atoms with van der Waals surface area (Å²) in [6.45, 7) is 11.2. The number of rotatable bonds is 8.